The van der Waals surface area contributed by atoms with E-state index in [1.54, 1.807) is 0 Å². The zero-order valence-corrected chi connectivity index (χ0v) is 11.3. The number of carboxylic acids is 1. The maximum atomic E-state index is 12.4. The highest BCUT2D eigenvalue weighted by molar-refractivity contribution is 7.12. The Kier molecular flexibility index (Phi) is 5.32. The van der Waals surface area contributed by atoms with Crippen molar-refractivity contribution in [1.29, 1.82) is 0 Å². The van der Waals surface area contributed by atoms with Crippen LogP contribution in [0.2, 0.25) is 0 Å². The number of amides is 1. The molecule has 0 bridgehead atoms. The molecule has 110 valence electrons. The van der Waals surface area contributed by atoms with E-state index in [0.29, 0.717) is 10.5 Å². The molecule has 0 saturated heterocycles. The van der Waals surface area contributed by atoms with Gasteiger partial charge >= 0.3 is 12.1 Å². The van der Waals surface area contributed by atoms with Crippen LogP contribution in [0, 0.1) is 0 Å². The van der Waals surface area contributed by atoms with Gasteiger partial charge in [0.2, 0.25) is 0 Å². The van der Waals surface area contributed by atoms with E-state index in [-0.39, 0.29) is 11.4 Å². The van der Waals surface area contributed by atoms with Gasteiger partial charge in [0.25, 0.3) is 5.91 Å². The fourth-order valence-electron chi connectivity index (χ4n) is 1.47. The lowest BCUT2D eigenvalue weighted by molar-refractivity contribution is -0.140. The zero-order chi connectivity index (χ0) is 15.3. The molecule has 20 heavy (non-hydrogen) atoms. The zero-order valence-electron chi connectivity index (χ0n) is 10.5. The highest BCUT2D eigenvalue weighted by Gasteiger charge is 2.33. The van der Waals surface area contributed by atoms with Crippen LogP contribution in [0.4, 0.5) is 13.2 Å². The van der Waals surface area contributed by atoms with Gasteiger partial charge in [-0.1, -0.05) is 0 Å². The number of rotatable bonds is 5. The molecule has 8 heteroatoms. The van der Waals surface area contributed by atoms with E-state index in [4.69, 9.17) is 5.11 Å². The first-order chi connectivity index (χ1) is 9.24. The summed E-state index contributed by atoms with van der Waals surface area (Å²) < 4.78 is 37.1. The van der Waals surface area contributed by atoms with Gasteiger partial charge in [0.05, 0.1) is 4.88 Å². The van der Waals surface area contributed by atoms with E-state index in [9.17, 15) is 22.8 Å². The van der Waals surface area contributed by atoms with Crippen LogP contribution in [0.1, 0.15) is 22.2 Å². The van der Waals surface area contributed by atoms with Crippen molar-refractivity contribution in [2.24, 2.45) is 0 Å². The maximum Gasteiger partial charge on any atom is 0.406 e. The molecule has 1 aromatic rings. The average molecular weight is 307 g/mol. The molecule has 4 nitrogen and oxygen atoms in total. The smallest absolute Gasteiger partial charge is 0.406 e. The highest BCUT2D eigenvalue weighted by atomic mass is 32.1. The first-order valence-electron chi connectivity index (χ1n) is 5.59. The molecule has 1 N–H and O–H groups in total. The molecular formula is C12H12F3NO3S. The van der Waals surface area contributed by atoms with Crippen molar-refractivity contribution in [1.82, 2.24) is 4.90 Å². The van der Waals surface area contributed by atoms with Gasteiger partial charge < -0.3 is 10.0 Å². The molecule has 1 heterocycles. The monoisotopic (exact) mass is 307 g/mol. The standard InChI is InChI=1S/C12H12F3NO3S/c1-2-16(7-12(13,14)15)11(19)10-8(5-6-20-10)3-4-9(17)18/h3-6H,2,7H2,1H3,(H,17,18). The molecule has 0 atom stereocenters. The summed E-state index contributed by atoms with van der Waals surface area (Å²) in [5, 5.41) is 10.0. The van der Waals surface area contributed by atoms with Gasteiger partial charge in [0, 0.05) is 12.6 Å². The van der Waals surface area contributed by atoms with Gasteiger partial charge in [-0.25, -0.2) is 4.79 Å². The normalized spacial score (nSPS) is 11.8. The third kappa shape index (κ3) is 4.69. The lowest BCUT2D eigenvalue weighted by Gasteiger charge is -2.22. The van der Waals surface area contributed by atoms with E-state index in [1.165, 1.54) is 24.4 Å². The van der Waals surface area contributed by atoms with Gasteiger partial charge in [-0.3, -0.25) is 4.79 Å². The predicted octanol–water partition coefficient (Wildman–Crippen LogP) is 2.87. The maximum absolute atomic E-state index is 12.4. The fraction of sp³-hybridized carbons (Fsp3) is 0.333. The number of aliphatic carboxylic acids is 1. The lowest BCUT2D eigenvalue weighted by atomic mass is 10.2. The summed E-state index contributed by atoms with van der Waals surface area (Å²) in [6.07, 6.45) is -2.45. The number of carboxylic acid groups (broad SMARTS) is 1. The molecule has 0 saturated carbocycles. The summed E-state index contributed by atoms with van der Waals surface area (Å²) in [5.74, 6) is -1.96. The summed E-state index contributed by atoms with van der Waals surface area (Å²) in [7, 11) is 0. The third-order valence-corrected chi connectivity index (χ3v) is 3.25. The average Bonchev–Trinajstić information content (AvgIpc) is 2.79. The van der Waals surface area contributed by atoms with Crippen LogP contribution in [-0.2, 0) is 4.79 Å². The van der Waals surface area contributed by atoms with Gasteiger partial charge in [-0.2, -0.15) is 13.2 Å². The second-order valence-corrected chi connectivity index (χ2v) is 4.73. The van der Waals surface area contributed by atoms with E-state index in [1.807, 2.05) is 0 Å². The van der Waals surface area contributed by atoms with Crippen LogP contribution < -0.4 is 0 Å². The molecule has 0 fully saturated rings. The Hall–Kier alpha value is -1.83. The topological polar surface area (TPSA) is 57.6 Å². The van der Waals surface area contributed by atoms with Crippen LogP contribution in [0.15, 0.2) is 17.5 Å². The van der Waals surface area contributed by atoms with Crippen LogP contribution in [0.3, 0.4) is 0 Å². The van der Waals surface area contributed by atoms with Gasteiger partial charge in [0.15, 0.2) is 0 Å². The first-order valence-corrected chi connectivity index (χ1v) is 6.47. The largest absolute Gasteiger partial charge is 0.478 e. The SMILES string of the molecule is CCN(CC(F)(F)F)C(=O)c1sccc1C=CC(=O)O. The summed E-state index contributed by atoms with van der Waals surface area (Å²) in [6, 6.07) is 1.48. The number of carbonyl (C=O) groups excluding carboxylic acids is 1. The van der Waals surface area contributed by atoms with Crippen molar-refractivity contribution >= 4 is 29.3 Å². The number of alkyl halides is 3. The molecule has 0 unspecified atom stereocenters. The number of thiophene rings is 1. The molecular weight excluding hydrogens is 295 g/mol. The molecule has 0 aliphatic heterocycles. The van der Waals surface area contributed by atoms with Crippen LogP contribution in [0.5, 0.6) is 0 Å². The quantitative estimate of drug-likeness (QED) is 0.851. The minimum absolute atomic E-state index is 0.0850. The Morgan fingerprint density at radius 2 is 2.10 bits per heavy atom. The number of carbonyl (C=O) groups is 2. The minimum Gasteiger partial charge on any atom is -0.478 e. The van der Waals surface area contributed by atoms with Gasteiger partial charge in [-0.05, 0) is 30.0 Å². The number of hydrogen-bond acceptors (Lipinski definition) is 3. The second kappa shape index (κ2) is 6.56. The lowest BCUT2D eigenvalue weighted by Crippen LogP contribution is -2.38. The molecule has 0 spiro atoms. The van der Waals surface area contributed by atoms with Crippen molar-refractivity contribution < 1.29 is 27.9 Å². The number of hydrogen-bond donors (Lipinski definition) is 1. The molecule has 1 aromatic heterocycles. The van der Waals surface area contributed by atoms with Crippen molar-refractivity contribution in [2.45, 2.75) is 13.1 Å². The first kappa shape index (κ1) is 16.2. The molecule has 1 amide bonds. The Bertz CT molecular complexity index is 522. The van der Waals surface area contributed by atoms with E-state index in [0.717, 1.165) is 17.4 Å². The van der Waals surface area contributed by atoms with Gasteiger partial charge in [-0.15, -0.1) is 11.3 Å². The summed E-state index contributed by atoms with van der Waals surface area (Å²) in [6.45, 7) is 0.0324. The second-order valence-electron chi connectivity index (χ2n) is 3.81. The number of halogens is 3. The molecule has 0 radical (unpaired) electrons. The molecule has 0 aliphatic carbocycles. The Labute approximate surface area is 117 Å². The predicted molar refractivity (Wildman–Crippen MR) is 68.6 cm³/mol. The molecule has 0 aliphatic rings. The van der Waals surface area contributed by atoms with E-state index < -0.39 is 24.6 Å². The molecule has 1 rings (SSSR count). The fourth-order valence-corrected chi connectivity index (χ4v) is 2.33. The van der Waals surface area contributed by atoms with E-state index >= 15 is 0 Å². The van der Waals surface area contributed by atoms with Crippen LogP contribution in [0.25, 0.3) is 6.08 Å². The van der Waals surface area contributed by atoms with E-state index in [2.05, 4.69) is 0 Å². The third-order valence-electron chi connectivity index (χ3n) is 2.33. The Morgan fingerprint density at radius 1 is 1.45 bits per heavy atom. The Morgan fingerprint density at radius 3 is 2.60 bits per heavy atom. The summed E-state index contributed by atoms with van der Waals surface area (Å²) in [4.78, 5) is 23.2. The van der Waals surface area contributed by atoms with Gasteiger partial charge in [0.1, 0.15) is 6.54 Å². The van der Waals surface area contributed by atoms with Crippen molar-refractivity contribution in [3.8, 4) is 0 Å². The summed E-state index contributed by atoms with van der Waals surface area (Å²) in [5.41, 5.74) is 0.294. The molecule has 0 aromatic carbocycles. The van der Waals surface area contributed by atoms with Crippen molar-refractivity contribution in [2.75, 3.05) is 13.1 Å². The highest BCUT2D eigenvalue weighted by Crippen LogP contribution is 2.23. The summed E-state index contributed by atoms with van der Waals surface area (Å²) >= 11 is 0.976. The van der Waals surface area contributed by atoms with Crippen LogP contribution in [-0.4, -0.2) is 41.1 Å². The Balaban J connectivity index is 2.96. The number of nitrogens with zero attached hydrogens (tertiary/aromatic N) is 1. The van der Waals surface area contributed by atoms with Crippen molar-refractivity contribution in [3.05, 3.63) is 28.0 Å². The van der Waals surface area contributed by atoms with Crippen LogP contribution >= 0.6 is 11.3 Å². The minimum atomic E-state index is -4.47. The van der Waals surface area contributed by atoms with Crippen molar-refractivity contribution in [3.63, 3.8) is 0 Å².